The summed E-state index contributed by atoms with van der Waals surface area (Å²) in [5.74, 6) is 0.675. The maximum Gasteiger partial charge on any atom is 0.305 e. The minimum absolute atomic E-state index is 0.189. The maximum absolute atomic E-state index is 11.3. The van der Waals surface area contributed by atoms with E-state index in [0.29, 0.717) is 31.6 Å². The number of nitrogens with zero attached hydrogens (tertiary/aromatic N) is 1. The lowest BCUT2D eigenvalue weighted by molar-refractivity contribution is -0.143. The second kappa shape index (κ2) is 10.1. The molecule has 0 saturated carbocycles. The lowest BCUT2D eigenvalue weighted by Crippen LogP contribution is -2.29. The summed E-state index contributed by atoms with van der Waals surface area (Å²) in [4.78, 5) is 13.7. The molecule has 1 aromatic rings. The molecule has 5 nitrogen and oxygen atoms in total. The predicted octanol–water partition coefficient (Wildman–Crippen LogP) is 3.76. The zero-order chi connectivity index (χ0) is 17.2. The number of nitrogens with one attached hydrogen (secondary N) is 1. The Balaban J connectivity index is 1.76. The molecule has 1 saturated heterocycles. The number of ether oxygens (including phenoxy) is 2. The normalized spacial score (nSPS) is 15.0. The highest BCUT2D eigenvalue weighted by molar-refractivity contribution is 5.76. The molecule has 5 heteroatoms. The van der Waals surface area contributed by atoms with Gasteiger partial charge in [0.1, 0.15) is 5.75 Å². The van der Waals surface area contributed by atoms with Crippen LogP contribution in [-0.4, -0.2) is 36.5 Å². The third-order valence-corrected chi connectivity index (χ3v) is 4.08. The van der Waals surface area contributed by atoms with Gasteiger partial charge in [-0.3, -0.25) is 15.1 Å². The van der Waals surface area contributed by atoms with Crippen LogP contribution >= 0.6 is 0 Å². The third-order valence-electron chi connectivity index (χ3n) is 4.08. The summed E-state index contributed by atoms with van der Waals surface area (Å²) in [7, 11) is 0. The van der Waals surface area contributed by atoms with Crippen LogP contribution in [0.25, 0.3) is 0 Å². The Labute approximate surface area is 144 Å². The average molecular weight is 332 g/mol. The standard InChI is InChI=1S/C19H28N2O3/c1-2-23-19(22)11-7-10-18(20)24-17-9-6-8-16(14-17)15-21-12-4-3-5-13-21/h6,8-9,14,20H,2-5,7,10-13,15H2,1H3. The molecule has 1 aliphatic heterocycles. The fourth-order valence-electron chi connectivity index (χ4n) is 2.90. The fraction of sp³-hybridized carbons (Fsp3) is 0.579. The molecule has 0 atom stereocenters. The van der Waals surface area contributed by atoms with Crippen LogP contribution in [0.2, 0.25) is 0 Å². The summed E-state index contributed by atoms with van der Waals surface area (Å²) in [6, 6.07) is 7.96. The van der Waals surface area contributed by atoms with Crippen LogP contribution in [0.5, 0.6) is 5.75 Å². The van der Waals surface area contributed by atoms with Crippen molar-refractivity contribution in [3.05, 3.63) is 29.8 Å². The lowest BCUT2D eigenvalue weighted by atomic mass is 10.1. The Kier molecular flexibility index (Phi) is 7.75. The molecule has 24 heavy (non-hydrogen) atoms. The van der Waals surface area contributed by atoms with Gasteiger partial charge in [-0.25, -0.2) is 0 Å². The van der Waals surface area contributed by atoms with Crippen LogP contribution in [0.4, 0.5) is 0 Å². The first-order chi connectivity index (χ1) is 11.7. The van der Waals surface area contributed by atoms with E-state index in [0.717, 1.165) is 19.6 Å². The number of hydrogen-bond acceptors (Lipinski definition) is 5. The van der Waals surface area contributed by atoms with Gasteiger partial charge in [0.05, 0.1) is 6.61 Å². The summed E-state index contributed by atoms with van der Waals surface area (Å²) in [6.07, 6.45) is 5.24. The highest BCUT2D eigenvalue weighted by atomic mass is 16.5. The molecule has 0 spiro atoms. The molecule has 1 fully saturated rings. The molecule has 0 bridgehead atoms. The number of hydrogen-bond donors (Lipinski definition) is 1. The van der Waals surface area contributed by atoms with Crippen molar-refractivity contribution in [3.8, 4) is 5.75 Å². The predicted molar refractivity (Wildman–Crippen MR) is 94.4 cm³/mol. The average Bonchev–Trinajstić information content (AvgIpc) is 2.56. The molecule has 1 heterocycles. The van der Waals surface area contributed by atoms with Gasteiger partial charge in [-0.2, -0.15) is 0 Å². The summed E-state index contributed by atoms with van der Waals surface area (Å²) in [6.45, 7) is 5.45. The van der Waals surface area contributed by atoms with Crippen LogP contribution < -0.4 is 4.74 Å². The van der Waals surface area contributed by atoms with Gasteiger partial charge >= 0.3 is 5.97 Å². The summed E-state index contributed by atoms with van der Waals surface area (Å²) < 4.78 is 10.5. The van der Waals surface area contributed by atoms with E-state index in [9.17, 15) is 4.79 Å². The largest absolute Gasteiger partial charge is 0.466 e. The fourth-order valence-corrected chi connectivity index (χ4v) is 2.90. The Morgan fingerprint density at radius 3 is 2.75 bits per heavy atom. The number of likely N-dealkylation sites (tertiary alicyclic amines) is 1. The monoisotopic (exact) mass is 332 g/mol. The van der Waals surface area contributed by atoms with Crippen LogP contribution in [0.15, 0.2) is 24.3 Å². The van der Waals surface area contributed by atoms with Crippen molar-refractivity contribution in [1.29, 1.82) is 5.41 Å². The van der Waals surface area contributed by atoms with Gasteiger partial charge in [0.2, 0.25) is 0 Å². The topological polar surface area (TPSA) is 62.6 Å². The van der Waals surface area contributed by atoms with Crippen LogP contribution in [0.1, 0.15) is 51.0 Å². The van der Waals surface area contributed by atoms with Crippen LogP contribution in [0.3, 0.4) is 0 Å². The summed E-state index contributed by atoms with van der Waals surface area (Å²) in [5.41, 5.74) is 1.22. The van der Waals surface area contributed by atoms with Gasteiger partial charge in [-0.05, 0) is 57.0 Å². The minimum atomic E-state index is -0.214. The van der Waals surface area contributed by atoms with Gasteiger partial charge in [0.15, 0.2) is 5.90 Å². The van der Waals surface area contributed by atoms with E-state index >= 15 is 0 Å². The summed E-state index contributed by atoms with van der Waals surface area (Å²) in [5, 5.41) is 7.91. The van der Waals surface area contributed by atoms with Crippen molar-refractivity contribution < 1.29 is 14.3 Å². The van der Waals surface area contributed by atoms with Crippen molar-refractivity contribution in [1.82, 2.24) is 4.90 Å². The molecule has 0 radical (unpaired) electrons. The van der Waals surface area contributed by atoms with Crippen LogP contribution in [-0.2, 0) is 16.1 Å². The van der Waals surface area contributed by atoms with Crippen molar-refractivity contribution in [2.75, 3.05) is 19.7 Å². The van der Waals surface area contributed by atoms with E-state index < -0.39 is 0 Å². The Morgan fingerprint density at radius 2 is 2.00 bits per heavy atom. The quantitative estimate of drug-likeness (QED) is 0.447. The van der Waals surface area contributed by atoms with E-state index in [2.05, 4.69) is 11.0 Å². The van der Waals surface area contributed by atoms with Crippen molar-refractivity contribution >= 4 is 11.9 Å². The minimum Gasteiger partial charge on any atom is -0.466 e. The Morgan fingerprint density at radius 1 is 1.21 bits per heavy atom. The molecule has 1 aromatic carbocycles. The van der Waals surface area contributed by atoms with Crippen molar-refractivity contribution in [3.63, 3.8) is 0 Å². The number of benzene rings is 1. The zero-order valence-electron chi connectivity index (χ0n) is 14.6. The Hall–Kier alpha value is -1.88. The first kappa shape index (κ1) is 18.5. The van der Waals surface area contributed by atoms with Crippen molar-refractivity contribution in [2.45, 2.75) is 52.0 Å². The SMILES string of the molecule is CCOC(=O)CCCC(=N)Oc1cccc(CN2CCCCC2)c1. The zero-order valence-corrected chi connectivity index (χ0v) is 14.6. The molecule has 0 aliphatic carbocycles. The molecule has 2 rings (SSSR count). The van der Waals surface area contributed by atoms with Gasteiger partial charge in [0, 0.05) is 19.4 Å². The molecule has 0 unspecified atom stereocenters. The molecule has 132 valence electrons. The second-order valence-corrected chi connectivity index (χ2v) is 6.17. The third kappa shape index (κ3) is 6.71. The molecule has 0 aromatic heterocycles. The molecule has 1 aliphatic rings. The van der Waals surface area contributed by atoms with Gasteiger partial charge in [-0.1, -0.05) is 18.6 Å². The van der Waals surface area contributed by atoms with Gasteiger partial charge < -0.3 is 9.47 Å². The lowest BCUT2D eigenvalue weighted by Gasteiger charge is -2.26. The molecular weight excluding hydrogens is 304 g/mol. The number of carbonyl (C=O) groups is 1. The van der Waals surface area contributed by atoms with Gasteiger partial charge in [0.25, 0.3) is 0 Å². The highest BCUT2D eigenvalue weighted by Gasteiger charge is 2.11. The number of rotatable bonds is 8. The first-order valence-electron chi connectivity index (χ1n) is 8.89. The Bertz CT molecular complexity index is 539. The van der Waals surface area contributed by atoms with E-state index in [4.69, 9.17) is 14.9 Å². The highest BCUT2D eigenvalue weighted by Crippen LogP contribution is 2.18. The number of carbonyl (C=O) groups excluding carboxylic acids is 1. The van der Waals surface area contributed by atoms with Gasteiger partial charge in [-0.15, -0.1) is 0 Å². The summed E-state index contributed by atoms with van der Waals surface area (Å²) >= 11 is 0. The smallest absolute Gasteiger partial charge is 0.305 e. The number of esters is 1. The first-order valence-corrected chi connectivity index (χ1v) is 8.89. The van der Waals surface area contributed by atoms with E-state index in [1.165, 1.54) is 24.8 Å². The van der Waals surface area contributed by atoms with Crippen molar-refractivity contribution in [2.24, 2.45) is 0 Å². The second-order valence-electron chi connectivity index (χ2n) is 6.17. The molecular formula is C19H28N2O3. The maximum atomic E-state index is 11.3. The van der Waals surface area contributed by atoms with E-state index in [-0.39, 0.29) is 11.9 Å². The van der Waals surface area contributed by atoms with E-state index in [1.807, 2.05) is 18.2 Å². The number of piperidine rings is 1. The van der Waals surface area contributed by atoms with E-state index in [1.54, 1.807) is 6.92 Å². The molecule has 0 amide bonds. The molecule has 1 N–H and O–H groups in total. The van der Waals surface area contributed by atoms with Crippen LogP contribution in [0, 0.1) is 5.41 Å².